The first-order valence-electron chi connectivity index (χ1n) is 6.01. The summed E-state index contributed by atoms with van der Waals surface area (Å²) in [6.07, 6.45) is 0.308. The minimum atomic E-state index is -1.10. The van der Waals surface area contributed by atoms with Gasteiger partial charge in [0.15, 0.2) is 17.9 Å². The zero-order chi connectivity index (χ0) is 15.4. The number of aldehydes is 1. The van der Waals surface area contributed by atoms with Crippen molar-refractivity contribution >= 4 is 25.6 Å². The number of rotatable bonds is 5. The van der Waals surface area contributed by atoms with Gasteiger partial charge in [0.05, 0.1) is 5.56 Å². The molecule has 0 aliphatic heterocycles. The minimum absolute atomic E-state index is 0.0146. The Kier molecular flexibility index (Phi) is 4.37. The summed E-state index contributed by atoms with van der Waals surface area (Å²) in [5.74, 6) is -2.12. The average molecular weight is 284 g/mol. The lowest BCUT2D eigenvalue weighted by Gasteiger charge is -2.11. The van der Waals surface area contributed by atoms with Crippen molar-refractivity contribution in [2.45, 2.75) is 6.61 Å². The van der Waals surface area contributed by atoms with Crippen LogP contribution in [0.3, 0.4) is 0 Å². The van der Waals surface area contributed by atoms with E-state index in [9.17, 15) is 14.0 Å². The third-order valence-corrected chi connectivity index (χ3v) is 2.93. The monoisotopic (exact) mass is 284 g/mol. The fourth-order valence-corrected chi connectivity index (χ4v) is 1.83. The smallest absolute Gasteiger partial charge is 0.336 e. The molecule has 0 aromatic heterocycles. The molecule has 6 heteroatoms. The van der Waals surface area contributed by atoms with Gasteiger partial charge in [-0.2, -0.15) is 0 Å². The van der Waals surface area contributed by atoms with E-state index in [1.807, 2.05) is 0 Å². The summed E-state index contributed by atoms with van der Waals surface area (Å²) in [7, 11) is 5.47. The standard InChI is InChI=1S/C15H10BFO4/c16-12-5-6-13(14(17)11(12)7-18)21-8-9-3-1-2-4-10(9)15(19)20/h1-7H,8H2,(H,19,20). The quantitative estimate of drug-likeness (QED) is 0.670. The van der Waals surface area contributed by atoms with Crippen LogP contribution in [0.5, 0.6) is 5.75 Å². The Morgan fingerprint density at radius 1 is 1.29 bits per heavy atom. The van der Waals surface area contributed by atoms with E-state index in [4.69, 9.17) is 17.7 Å². The van der Waals surface area contributed by atoms with Crippen LogP contribution >= 0.6 is 0 Å². The zero-order valence-electron chi connectivity index (χ0n) is 10.9. The maximum absolute atomic E-state index is 13.9. The first kappa shape index (κ1) is 14.8. The van der Waals surface area contributed by atoms with Gasteiger partial charge in [-0.05, 0) is 12.1 Å². The van der Waals surface area contributed by atoms with Gasteiger partial charge in [0.1, 0.15) is 14.5 Å². The second kappa shape index (κ2) is 6.22. The third-order valence-electron chi connectivity index (χ3n) is 2.93. The van der Waals surface area contributed by atoms with Crippen molar-refractivity contribution in [3.8, 4) is 5.75 Å². The van der Waals surface area contributed by atoms with Gasteiger partial charge in [-0.1, -0.05) is 29.7 Å². The number of carbonyl (C=O) groups is 2. The van der Waals surface area contributed by atoms with Crippen molar-refractivity contribution in [2.24, 2.45) is 0 Å². The number of benzene rings is 2. The summed E-state index contributed by atoms with van der Waals surface area (Å²) in [4.78, 5) is 21.8. The second-order valence-electron chi connectivity index (χ2n) is 4.25. The van der Waals surface area contributed by atoms with Crippen molar-refractivity contribution in [2.75, 3.05) is 0 Å². The molecule has 4 nitrogen and oxygen atoms in total. The summed E-state index contributed by atoms with van der Waals surface area (Å²) in [6.45, 7) is -0.137. The highest BCUT2D eigenvalue weighted by atomic mass is 19.1. The molecule has 0 saturated heterocycles. The van der Waals surface area contributed by atoms with Gasteiger partial charge < -0.3 is 9.84 Å². The lowest BCUT2D eigenvalue weighted by Crippen LogP contribution is -2.13. The number of hydrogen-bond acceptors (Lipinski definition) is 3. The number of carboxylic acids is 1. The second-order valence-corrected chi connectivity index (χ2v) is 4.25. The molecular formula is C15H10BFO4. The Balaban J connectivity index is 2.25. The zero-order valence-corrected chi connectivity index (χ0v) is 10.9. The molecule has 104 valence electrons. The number of carboxylic acid groups (broad SMARTS) is 1. The van der Waals surface area contributed by atoms with Crippen LogP contribution in [0.15, 0.2) is 36.4 Å². The molecule has 0 spiro atoms. The van der Waals surface area contributed by atoms with Crippen LogP contribution in [-0.4, -0.2) is 25.2 Å². The Bertz CT molecular complexity index is 700. The molecule has 2 radical (unpaired) electrons. The lowest BCUT2D eigenvalue weighted by molar-refractivity contribution is 0.0693. The first-order chi connectivity index (χ1) is 10.0. The van der Waals surface area contributed by atoms with Gasteiger partial charge in [0.2, 0.25) is 0 Å². The number of hydrogen-bond donors (Lipinski definition) is 1. The topological polar surface area (TPSA) is 63.6 Å². The Labute approximate surface area is 121 Å². The van der Waals surface area contributed by atoms with E-state index in [-0.39, 0.29) is 28.9 Å². The summed E-state index contributed by atoms with van der Waals surface area (Å²) in [5, 5.41) is 9.04. The fraction of sp³-hybridized carbons (Fsp3) is 0.0667. The molecule has 0 saturated carbocycles. The van der Waals surface area contributed by atoms with Gasteiger partial charge in [0.25, 0.3) is 0 Å². The van der Waals surface area contributed by atoms with E-state index < -0.39 is 11.8 Å². The van der Waals surface area contributed by atoms with Crippen molar-refractivity contribution in [3.63, 3.8) is 0 Å². The Morgan fingerprint density at radius 2 is 2.00 bits per heavy atom. The Morgan fingerprint density at radius 3 is 2.67 bits per heavy atom. The molecule has 0 unspecified atom stereocenters. The molecule has 0 fully saturated rings. The van der Waals surface area contributed by atoms with E-state index in [2.05, 4.69) is 0 Å². The molecule has 1 N–H and O–H groups in total. The van der Waals surface area contributed by atoms with Crippen LogP contribution in [0.25, 0.3) is 0 Å². The maximum Gasteiger partial charge on any atom is 0.336 e. The van der Waals surface area contributed by atoms with E-state index >= 15 is 0 Å². The van der Waals surface area contributed by atoms with Crippen molar-refractivity contribution < 1.29 is 23.8 Å². The Hall–Kier alpha value is -2.63. The normalized spacial score (nSPS) is 10.1. The lowest BCUT2D eigenvalue weighted by atomic mass is 9.90. The van der Waals surface area contributed by atoms with Crippen molar-refractivity contribution in [1.29, 1.82) is 0 Å². The molecule has 0 heterocycles. The molecule has 0 amide bonds. The van der Waals surface area contributed by atoms with Gasteiger partial charge in [-0.3, -0.25) is 4.79 Å². The molecule has 0 atom stereocenters. The first-order valence-corrected chi connectivity index (χ1v) is 6.01. The number of aromatic carboxylic acids is 1. The van der Waals surface area contributed by atoms with Gasteiger partial charge in [-0.25, -0.2) is 9.18 Å². The molecule has 2 aromatic carbocycles. The van der Waals surface area contributed by atoms with Crippen molar-refractivity contribution in [3.05, 3.63) is 58.9 Å². The van der Waals surface area contributed by atoms with Gasteiger partial charge in [-0.15, -0.1) is 0 Å². The summed E-state index contributed by atoms with van der Waals surface area (Å²) in [6, 6.07) is 8.88. The average Bonchev–Trinajstić information content (AvgIpc) is 2.47. The molecule has 21 heavy (non-hydrogen) atoms. The molecular weight excluding hydrogens is 274 g/mol. The van der Waals surface area contributed by atoms with Crippen LogP contribution in [0.1, 0.15) is 26.3 Å². The highest BCUT2D eigenvalue weighted by Gasteiger charge is 2.13. The maximum atomic E-state index is 13.9. The largest absolute Gasteiger partial charge is 0.486 e. The predicted octanol–water partition coefficient (Wildman–Crippen LogP) is 1.71. The molecule has 0 aliphatic carbocycles. The van der Waals surface area contributed by atoms with E-state index in [0.29, 0.717) is 11.8 Å². The van der Waals surface area contributed by atoms with Crippen LogP contribution in [-0.2, 0) is 6.61 Å². The predicted molar refractivity (Wildman–Crippen MR) is 74.9 cm³/mol. The summed E-state index contributed by atoms with van der Waals surface area (Å²) >= 11 is 0. The molecule has 0 bridgehead atoms. The molecule has 0 aliphatic rings. The number of halogens is 1. The number of ether oxygens (including phenoxy) is 1. The highest BCUT2D eigenvalue weighted by Crippen LogP contribution is 2.20. The summed E-state index contributed by atoms with van der Waals surface area (Å²) in [5.41, 5.74) is 0.206. The van der Waals surface area contributed by atoms with Crippen LogP contribution in [0, 0.1) is 5.82 Å². The van der Waals surface area contributed by atoms with Crippen LogP contribution in [0.4, 0.5) is 4.39 Å². The molecule has 2 aromatic rings. The highest BCUT2D eigenvalue weighted by molar-refractivity contribution is 6.35. The fourth-order valence-electron chi connectivity index (χ4n) is 1.83. The van der Waals surface area contributed by atoms with Gasteiger partial charge in [0, 0.05) is 11.1 Å². The number of carbonyl (C=O) groups excluding carboxylic acids is 1. The van der Waals surface area contributed by atoms with E-state index in [0.717, 1.165) is 0 Å². The van der Waals surface area contributed by atoms with E-state index in [1.54, 1.807) is 18.2 Å². The van der Waals surface area contributed by atoms with Gasteiger partial charge >= 0.3 is 5.97 Å². The molecule has 2 rings (SSSR count). The van der Waals surface area contributed by atoms with Crippen molar-refractivity contribution in [1.82, 2.24) is 0 Å². The van der Waals surface area contributed by atoms with Crippen LogP contribution in [0.2, 0.25) is 0 Å². The van der Waals surface area contributed by atoms with Crippen LogP contribution < -0.4 is 10.2 Å². The van der Waals surface area contributed by atoms with E-state index in [1.165, 1.54) is 18.2 Å². The third kappa shape index (κ3) is 3.10. The SMILES string of the molecule is [B]c1ccc(OCc2ccccc2C(=O)O)c(F)c1C=O. The summed E-state index contributed by atoms with van der Waals surface area (Å²) < 4.78 is 19.2. The minimum Gasteiger partial charge on any atom is -0.486 e.